The highest BCUT2D eigenvalue weighted by atomic mass is 35.5. The first kappa shape index (κ1) is 14.0. The molecule has 0 aliphatic heterocycles. The Morgan fingerprint density at radius 2 is 1.95 bits per heavy atom. The van der Waals surface area contributed by atoms with E-state index in [-0.39, 0.29) is 11.5 Å². The van der Waals surface area contributed by atoms with Crippen LogP contribution in [-0.2, 0) is 10.2 Å². The predicted octanol–water partition coefficient (Wildman–Crippen LogP) is 3.34. The van der Waals surface area contributed by atoms with Crippen LogP contribution in [0.5, 0.6) is 11.5 Å². The minimum atomic E-state index is -1.06. The lowest BCUT2D eigenvalue weighted by molar-refractivity contribution is -0.145. The molecule has 0 unspecified atom stereocenters. The van der Waals surface area contributed by atoms with Crippen LogP contribution in [0.3, 0.4) is 0 Å². The standard InChI is InChI=1S/C14H17ClO4/c1-19-12-10(16)6-5-9(15)11(12)14(13(17)18)7-3-2-4-8-14/h5-6,16H,2-4,7-8H2,1H3,(H,17,18). The molecule has 1 aromatic carbocycles. The van der Waals surface area contributed by atoms with Crippen molar-refractivity contribution in [3.63, 3.8) is 0 Å². The summed E-state index contributed by atoms with van der Waals surface area (Å²) < 4.78 is 5.19. The first-order chi connectivity index (χ1) is 9.03. The van der Waals surface area contributed by atoms with Gasteiger partial charge in [0.2, 0.25) is 0 Å². The summed E-state index contributed by atoms with van der Waals surface area (Å²) in [7, 11) is 1.41. The van der Waals surface area contributed by atoms with Gasteiger partial charge in [0.25, 0.3) is 0 Å². The van der Waals surface area contributed by atoms with E-state index in [1.807, 2.05) is 0 Å². The van der Waals surface area contributed by atoms with Crippen LogP contribution in [0.15, 0.2) is 12.1 Å². The third-order valence-electron chi connectivity index (χ3n) is 3.89. The van der Waals surface area contributed by atoms with Gasteiger partial charge in [-0.1, -0.05) is 30.9 Å². The molecule has 2 rings (SSSR count). The number of carboxylic acid groups (broad SMARTS) is 1. The van der Waals surface area contributed by atoms with Gasteiger partial charge in [-0.15, -0.1) is 0 Å². The summed E-state index contributed by atoms with van der Waals surface area (Å²) >= 11 is 6.19. The van der Waals surface area contributed by atoms with E-state index < -0.39 is 11.4 Å². The van der Waals surface area contributed by atoms with Crippen LogP contribution in [-0.4, -0.2) is 23.3 Å². The van der Waals surface area contributed by atoms with Crippen LogP contribution < -0.4 is 4.74 Å². The van der Waals surface area contributed by atoms with Crippen molar-refractivity contribution >= 4 is 17.6 Å². The SMILES string of the molecule is COc1c(O)ccc(Cl)c1C1(C(=O)O)CCCCC1. The average Bonchev–Trinajstić information content (AvgIpc) is 2.41. The summed E-state index contributed by atoms with van der Waals surface area (Å²) in [4.78, 5) is 11.8. The molecule has 1 fully saturated rings. The van der Waals surface area contributed by atoms with E-state index in [9.17, 15) is 15.0 Å². The van der Waals surface area contributed by atoms with Crippen LogP contribution in [0.25, 0.3) is 0 Å². The Morgan fingerprint density at radius 1 is 1.32 bits per heavy atom. The van der Waals surface area contributed by atoms with Crippen LogP contribution in [0.4, 0.5) is 0 Å². The zero-order chi connectivity index (χ0) is 14.0. The van der Waals surface area contributed by atoms with E-state index in [1.165, 1.54) is 19.2 Å². The summed E-state index contributed by atoms with van der Waals surface area (Å²) in [5.74, 6) is -0.803. The molecular formula is C14H17ClO4. The molecule has 0 saturated heterocycles. The van der Waals surface area contributed by atoms with Crippen LogP contribution >= 0.6 is 11.6 Å². The van der Waals surface area contributed by atoms with E-state index in [0.717, 1.165) is 19.3 Å². The highest BCUT2D eigenvalue weighted by molar-refractivity contribution is 6.32. The molecule has 4 nitrogen and oxygen atoms in total. The minimum Gasteiger partial charge on any atom is -0.504 e. The summed E-state index contributed by atoms with van der Waals surface area (Å²) in [6, 6.07) is 2.94. The van der Waals surface area contributed by atoms with E-state index in [0.29, 0.717) is 23.4 Å². The third-order valence-corrected chi connectivity index (χ3v) is 4.20. The lowest BCUT2D eigenvalue weighted by Gasteiger charge is -2.35. The van der Waals surface area contributed by atoms with Crippen molar-refractivity contribution in [2.75, 3.05) is 7.11 Å². The zero-order valence-corrected chi connectivity index (χ0v) is 11.5. The fourth-order valence-electron chi connectivity index (χ4n) is 2.93. The minimum absolute atomic E-state index is 0.0758. The second kappa shape index (κ2) is 5.29. The van der Waals surface area contributed by atoms with Crippen LogP contribution in [0, 0.1) is 0 Å². The van der Waals surface area contributed by atoms with E-state index in [2.05, 4.69) is 0 Å². The number of phenolic OH excluding ortho intramolecular Hbond substituents is 1. The van der Waals surface area contributed by atoms with Crippen molar-refractivity contribution in [2.24, 2.45) is 0 Å². The molecular weight excluding hydrogens is 268 g/mol. The molecule has 0 bridgehead atoms. The molecule has 104 valence electrons. The fourth-order valence-corrected chi connectivity index (χ4v) is 3.26. The molecule has 0 amide bonds. The van der Waals surface area contributed by atoms with Crippen LogP contribution in [0.1, 0.15) is 37.7 Å². The van der Waals surface area contributed by atoms with Gasteiger partial charge in [-0.2, -0.15) is 0 Å². The van der Waals surface area contributed by atoms with Gasteiger partial charge in [-0.05, 0) is 25.0 Å². The van der Waals surface area contributed by atoms with Crippen molar-refractivity contribution < 1.29 is 19.7 Å². The molecule has 1 aromatic rings. The smallest absolute Gasteiger partial charge is 0.314 e. The Kier molecular flexibility index (Phi) is 3.90. The molecule has 5 heteroatoms. The normalized spacial score (nSPS) is 18.0. The van der Waals surface area contributed by atoms with Gasteiger partial charge >= 0.3 is 5.97 Å². The highest BCUT2D eigenvalue weighted by Gasteiger charge is 2.45. The molecule has 1 aliphatic carbocycles. The van der Waals surface area contributed by atoms with Gasteiger partial charge in [-0.25, -0.2) is 0 Å². The molecule has 0 aromatic heterocycles. The number of aliphatic carboxylic acids is 1. The maximum Gasteiger partial charge on any atom is 0.314 e. The number of methoxy groups -OCH3 is 1. The molecule has 0 heterocycles. The van der Waals surface area contributed by atoms with Crippen molar-refractivity contribution in [2.45, 2.75) is 37.5 Å². The number of benzene rings is 1. The van der Waals surface area contributed by atoms with E-state index in [1.54, 1.807) is 0 Å². The maximum absolute atomic E-state index is 11.8. The molecule has 19 heavy (non-hydrogen) atoms. The zero-order valence-electron chi connectivity index (χ0n) is 10.8. The number of hydrogen-bond acceptors (Lipinski definition) is 3. The number of aromatic hydroxyl groups is 1. The number of rotatable bonds is 3. The molecule has 1 aliphatic rings. The second-order valence-corrected chi connectivity index (χ2v) is 5.33. The van der Waals surface area contributed by atoms with Gasteiger partial charge in [0.1, 0.15) is 0 Å². The molecule has 0 atom stereocenters. The first-order valence-electron chi connectivity index (χ1n) is 6.32. The Bertz CT molecular complexity index is 492. The van der Waals surface area contributed by atoms with Gasteiger partial charge in [-0.3, -0.25) is 4.79 Å². The van der Waals surface area contributed by atoms with Crippen molar-refractivity contribution in [3.05, 3.63) is 22.7 Å². The predicted molar refractivity (Wildman–Crippen MR) is 72.1 cm³/mol. The number of halogens is 1. The largest absolute Gasteiger partial charge is 0.504 e. The first-order valence-corrected chi connectivity index (χ1v) is 6.70. The highest BCUT2D eigenvalue weighted by Crippen LogP contribution is 2.49. The van der Waals surface area contributed by atoms with E-state index >= 15 is 0 Å². The van der Waals surface area contributed by atoms with Gasteiger partial charge in [0.05, 0.1) is 12.5 Å². The summed E-state index contributed by atoms with van der Waals surface area (Å²) in [6.45, 7) is 0. The van der Waals surface area contributed by atoms with Gasteiger partial charge in [0.15, 0.2) is 11.5 Å². The topological polar surface area (TPSA) is 66.8 Å². The maximum atomic E-state index is 11.8. The van der Waals surface area contributed by atoms with Crippen LogP contribution in [0.2, 0.25) is 5.02 Å². The fraction of sp³-hybridized carbons (Fsp3) is 0.500. The second-order valence-electron chi connectivity index (χ2n) is 4.92. The quantitative estimate of drug-likeness (QED) is 0.893. The van der Waals surface area contributed by atoms with E-state index in [4.69, 9.17) is 16.3 Å². The Morgan fingerprint density at radius 3 is 2.47 bits per heavy atom. The van der Waals surface area contributed by atoms with Crippen molar-refractivity contribution in [1.29, 1.82) is 0 Å². The third kappa shape index (κ3) is 2.25. The monoisotopic (exact) mass is 284 g/mol. The summed E-state index contributed by atoms with van der Waals surface area (Å²) in [5.41, 5.74) is -0.650. The van der Waals surface area contributed by atoms with Gasteiger partial charge < -0.3 is 14.9 Å². The molecule has 0 spiro atoms. The van der Waals surface area contributed by atoms with Crippen molar-refractivity contribution in [1.82, 2.24) is 0 Å². The summed E-state index contributed by atoms with van der Waals surface area (Å²) in [5, 5.41) is 19.9. The summed E-state index contributed by atoms with van der Waals surface area (Å²) in [6.07, 6.45) is 3.72. The Hall–Kier alpha value is -1.42. The molecule has 0 radical (unpaired) electrons. The Labute approximate surface area is 117 Å². The average molecular weight is 285 g/mol. The lowest BCUT2D eigenvalue weighted by Crippen LogP contribution is -2.38. The van der Waals surface area contributed by atoms with Gasteiger partial charge in [0, 0.05) is 10.6 Å². The number of carboxylic acids is 1. The molecule has 2 N–H and O–H groups in total. The van der Waals surface area contributed by atoms with Crippen molar-refractivity contribution in [3.8, 4) is 11.5 Å². The lowest BCUT2D eigenvalue weighted by atomic mass is 9.69. The number of ether oxygens (including phenoxy) is 1. The number of carbonyl (C=O) groups is 1. The Balaban J connectivity index is 2.66. The number of phenols is 1. The molecule has 1 saturated carbocycles. The number of hydrogen-bond donors (Lipinski definition) is 2.